The lowest BCUT2D eigenvalue weighted by Gasteiger charge is -2.14. The molecule has 0 aromatic carbocycles. The molecule has 2 nitrogen and oxygen atoms in total. The molecule has 5 heteroatoms. The molecule has 0 aliphatic carbocycles. The molecule has 1 heterocycles. The highest BCUT2D eigenvalue weighted by Gasteiger charge is 2.36. The van der Waals surface area contributed by atoms with E-state index in [-0.39, 0.29) is 6.42 Å². The first-order valence-corrected chi connectivity index (χ1v) is 3.71. The predicted molar refractivity (Wildman–Crippen MR) is 42.0 cm³/mol. The Morgan fingerprint density at radius 3 is 2.31 bits per heavy atom. The molecule has 0 fully saturated rings. The number of alkyl halides is 3. The minimum atomic E-state index is -4.33. The van der Waals surface area contributed by atoms with Crippen LogP contribution in [-0.2, 0) is 6.42 Å². The lowest BCUT2D eigenvalue weighted by molar-refractivity contribution is -0.147. The van der Waals surface area contributed by atoms with Gasteiger partial charge >= 0.3 is 6.18 Å². The van der Waals surface area contributed by atoms with Gasteiger partial charge in [0.2, 0.25) is 0 Å². The molecule has 0 saturated heterocycles. The minimum Gasteiger partial charge on any atom is -0.320 e. The van der Waals surface area contributed by atoms with E-state index in [4.69, 9.17) is 5.73 Å². The maximum atomic E-state index is 12.0. The van der Waals surface area contributed by atoms with Crippen molar-refractivity contribution in [1.82, 2.24) is 4.98 Å². The molecule has 1 rings (SSSR count). The summed E-state index contributed by atoms with van der Waals surface area (Å²) in [4.78, 5) is 3.69. The molecule has 1 unspecified atom stereocenters. The minimum absolute atomic E-state index is 0.202. The second-order valence-corrected chi connectivity index (χ2v) is 2.71. The molecule has 1 atom stereocenters. The molecular weight excluding hydrogens is 181 g/mol. The highest BCUT2D eigenvalue weighted by molar-refractivity contribution is 5.11. The van der Waals surface area contributed by atoms with Crippen molar-refractivity contribution >= 4 is 0 Å². The molecule has 0 aliphatic rings. The van der Waals surface area contributed by atoms with Crippen molar-refractivity contribution in [2.75, 3.05) is 0 Å². The van der Waals surface area contributed by atoms with Crippen molar-refractivity contribution in [3.8, 4) is 0 Å². The van der Waals surface area contributed by atoms with Crippen LogP contribution in [0.5, 0.6) is 0 Å². The van der Waals surface area contributed by atoms with Crippen LogP contribution >= 0.6 is 0 Å². The Labute approximate surface area is 73.6 Å². The third-order valence-electron chi connectivity index (χ3n) is 1.63. The van der Waals surface area contributed by atoms with Crippen molar-refractivity contribution < 1.29 is 13.2 Å². The van der Waals surface area contributed by atoms with E-state index in [0.717, 1.165) is 0 Å². The summed E-state index contributed by atoms with van der Waals surface area (Å²) < 4.78 is 36.0. The number of nitrogens with zero attached hydrogens (tertiary/aromatic N) is 1. The first kappa shape index (κ1) is 9.98. The fraction of sp³-hybridized carbons (Fsp3) is 0.375. The summed E-state index contributed by atoms with van der Waals surface area (Å²) in [5.74, 6) is 0. The molecule has 1 aromatic rings. The number of pyridine rings is 1. The third-order valence-corrected chi connectivity index (χ3v) is 1.63. The molecule has 0 aliphatic heterocycles. The largest absolute Gasteiger partial charge is 0.403 e. The second kappa shape index (κ2) is 3.74. The topological polar surface area (TPSA) is 38.9 Å². The molecule has 0 amide bonds. The third kappa shape index (κ3) is 3.02. The zero-order valence-corrected chi connectivity index (χ0v) is 6.75. The average Bonchev–Trinajstić information content (AvgIpc) is 2.04. The van der Waals surface area contributed by atoms with Gasteiger partial charge in [-0.3, -0.25) is 4.98 Å². The maximum absolute atomic E-state index is 12.0. The molecule has 0 bridgehead atoms. The van der Waals surface area contributed by atoms with Gasteiger partial charge in [0.05, 0.1) is 0 Å². The standard InChI is InChI=1S/C8H9F3N2/c9-8(10,11)7(12)5-6-1-3-13-4-2-6/h1-4,7H,5,12H2. The van der Waals surface area contributed by atoms with Gasteiger partial charge in [0, 0.05) is 12.4 Å². The van der Waals surface area contributed by atoms with Gasteiger partial charge in [-0.2, -0.15) is 13.2 Å². The first-order chi connectivity index (χ1) is 6.00. The van der Waals surface area contributed by atoms with Gasteiger partial charge in [-0.05, 0) is 24.1 Å². The van der Waals surface area contributed by atoms with Gasteiger partial charge in [0.15, 0.2) is 0 Å². The summed E-state index contributed by atoms with van der Waals surface area (Å²) in [5.41, 5.74) is 5.48. The van der Waals surface area contributed by atoms with Crippen molar-refractivity contribution in [2.45, 2.75) is 18.6 Å². The normalized spacial score (nSPS) is 14.2. The first-order valence-electron chi connectivity index (χ1n) is 3.71. The molecular formula is C8H9F3N2. The Kier molecular flexibility index (Phi) is 2.87. The Balaban J connectivity index is 2.61. The van der Waals surface area contributed by atoms with E-state index in [0.29, 0.717) is 5.56 Å². The van der Waals surface area contributed by atoms with E-state index < -0.39 is 12.2 Å². The fourth-order valence-corrected chi connectivity index (χ4v) is 0.889. The van der Waals surface area contributed by atoms with E-state index in [1.165, 1.54) is 24.5 Å². The lowest BCUT2D eigenvalue weighted by atomic mass is 10.1. The zero-order valence-electron chi connectivity index (χ0n) is 6.75. The number of rotatable bonds is 2. The van der Waals surface area contributed by atoms with Crippen LogP contribution in [0.2, 0.25) is 0 Å². The van der Waals surface area contributed by atoms with E-state index in [1.54, 1.807) is 0 Å². The van der Waals surface area contributed by atoms with Crippen LogP contribution in [0.15, 0.2) is 24.5 Å². The lowest BCUT2D eigenvalue weighted by Crippen LogP contribution is -2.39. The maximum Gasteiger partial charge on any atom is 0.403 e. The highest BCUT2D eigenvalue weighted by atomic mass is 19.4. The summed E-state index contributed by atoms with van der Waals surface area (Å²) in [6, 6.07) is 1.24. The van der Waals surface area contributed by atoms with Crippen LogP contribution in [-0.4, -0.2) is 17.2 Å². The summed E-state index contributed by atoms with van der Waals surface area (Å²) in [5, 5.41) is 0. The number of hydrogen-bond acceptors (Lipinski definition) is 2. The Morgan fingerprint density at radius 2 is 1.85 bits per heavy atom. The van der Waals surface area contributed by atoms with Gasteiger partial charge in [0.25, 0.3) is 0 Å². The van der Waals surface area contributed by atoms with Crippen LogP contribution in [0.25, 0.3) is 0 Å². The van der Waals surface area contributed by atoms with E-state index >= 15 is 0 Å². The van der Waals surface area contributed by atoms with Crippen molar-refractivity contribution in [2.24, 2.45) is 5.73 Å². The van der Waals surface area contributed by atoms with Crippen molar-refractivity contribution in [3.05, 3.63) is 30.1 Å². The van der Waals surface area contributed by atoms with Crippen LogP contribution < -0.4 is 5.73 Å². The van der Waals surface area contributed by atoms with Gasteiger partial charge in [-0.25, -0.2) is 0 Å². The predicted octanol–water partition coefficient (Wildman–Crippen LogP) is 1.51. The summed E-state index contributed by atoms with van der Waals surface area (Å²) >= 11 is 0. The molecule has 0 spiro atoms. The average molecular weight is 190 g/mol. The SMILES string of the molecule is NC(Cc1ccncc1)C(F)(F)F. The summed E-state index contributed by atoms with van der Waals surface area (Å²) in [6.07, 6.45) is -1.65. The van der Waals surface area contributed by atoms with E-state index in [2.05, 4.69) is 4.98 Å². The number of nitrogens with two attached hydrogens (primary N) is 1. The summed E-state index contributed by atoms with van der Waals surface area (Å²) in [6.45, 7) is 0. The van der Waals surface area contributed by atoms with E-state index in [1.807, 2.05) is 0 Å². The Morgan fingerprint density at radius 1 is 1.31 bits per heavy atom. The van der Waals surface area contributed by atoms with Crippen LogP contribution in [0.1, 0.15) is 5.56 Å². The summed E-state index contributed by atoms with van der Waals surface area (Å²) in [7, 11) is 0. The van der Waals surface area contributed by atoms with Crippen LogP contribution in [0, 0.1) is 0 Å². The van der Waals surface area contributed by atoms with Gasteiger partial charge < -0.3 is 5.73 Å². The number of halogens is 3. The zero-order chi connectivity index (χ0) is 9.90. The molecule has 0 radical (unpaired) electrons. The molecule has 2 N–H and O–H groups in total. The van der Waals surface area contributed by atoms with Crippen LogP contribution in [0.4, 0.5) is 13.2 Å². The molecule has 72 valence electrons. The molecule has 13 heavy (non-hydrogen) atoms. The van der Waals surface area contributed by atoms with Crippen molar-refractivity contribution in [1.29, 1.82) is 0 Å². The second-order valence-electron chi connectivity index (χ2n) is 2.71. The fourth-order valence-electron chi connectivity index (χ4n) is 0.889. The van der Waals surface area contributed by atoms with Crippen molar-refractivity contribution in [3.63, 3.8) is 0 Å². The Hall–Kier alpha value is -1.10. The highest BCUT2D eigenvalue weighted by Crippen LogP contribution is 2.20. The quantitative estimate of drug-likeness (QED) is 0.767. The van der Waals surface area contributed by atoms with Crippen LogP contribution in [0.3, 0.4) is 0 Å². The Bertz CT molecular complexity index is 258. The molecule has 0 saturated carbocycles. The molecule has 1 aromatic heterocycles. The smallest absolute Gasteiger partial charge is 0.320 e. The monoisotopic (exact) mass is 190 g/mol. The number of hydrogen-bond donors (Lipinski definition) is 1. The van der Waals surface area contributed by atoms with Gasteiger partial charge in [-0.1, -0.05) is 0 Å². The van der Waals surface area contributed by atoms with Gasteiger partial charge in [0.1, 0.15) is 6.04 Å². The number of aromatic nitrogens is 1. The van der Waals surface area contributed by atoms with Gasteiger partial charge in [-0.15, -0.1) is 0 Å². The van der Waals surface area contributed by atoms with E-state index in [9.17, 15) is 13.2 Å².